The number of hydrogen-bond donors (Lipinski definition) is 0. The maximum absolute atomic E-state index is 12.7. The van der Waals surface area contributed by atoms with Crippen molar-refractivity contribution >= 4 is 11.9 Å². The number of alkyl halides is 3. The van der Waals surface area contributed by atoms with E-state index in [0.29, 0.717) is 25.9 Å². The minimum atomic E-state index is -4.34. The highest BCUT2D eigenvalue weighted by Gasteiger charge is 2.33. The fourth-order valence-corrected chi connectivity index (χ4v) is 3.86. The number of rotatable bonds is 4. The number of nitrogens with zero attached hydrogens (tertiary/aromatic N) is 5. The van der Waals surface area contributed by atoms with E-state index in [1.807, 2.05) is 4.90 Å². The fraction of sp³-hybridized carbons (Fsp3) is 0.722. The van der Waals surface area contributed by atoms with Gasteiger partial charge in [-0.3, -0.25) is 4.79 Å². The van der Waals surface area contributed by atoms with Gasteiger partial charge in [-0.1, -0.05) is 0 Å². The molecule has 156 valence electrons. The van der Waals surface area contributed by atoms with Crippen molar-refractivity contribution in [2.75, 3.05) is 33.2 Å². The molecule has 3 rings (SSSR count). The van der Waals surface area contributed by atoms with Crippen LogP contribution in [0.5, 0.6) is 0 Å². The lowest BCUT2D eigenvalue weighted by Crippen LogP contribution is -2.47. The Morgan fingerprint density at radius 2 is 1.75 bits per heavy atom. The molecule has 0 N–H and O–H groups in total. The molecule has 1 aromatic heterocycles. The summed E-state index contributed by atoms with van der Waals surface area (Å²) in [5, 5.41) is 0. The fourth-order valence-electron chi connectivity index (χ4n) is 3.86. The van der Waals surface area contributed by atoms with Crippen LogP contribution >= 0.6 is 0 Å². The summed E-state index contributed by atoms with van der Waals surface area (Å²) in [6.07, 6.45) is 1.45. The molecule has 7 nitrogen and oxygen atoms in total. The van der Waals surface area contributed by atoms with Gasteiger partial charge < -0.3 is 19.3 Å². The lowest BCUT2D eigenvalue weighted by atomic mass is 9.95. The zero-order chi connectivity index (χ0) is 20.3. The quantitative estimate of drug-likeness (QED) is 0.778. The van der Waals surface area contributed by atoms with Crippen LogP contribution in [0, 0.1) is 5.92 Å². The van der Waals surface area contributed by atoms with Crippen molar-refractivity contribution in [3.05, 3.63) is 18.2 Å². The number of amides is 3. The van der Waals surface area contributed by atoms with E-state index >= 15 is 0 Å². The first-order valence-corrected chi connectivity index (χ1v) is 9.60. The number of carbonyl (C=O) groups is 2. The SMILES string of the molecule is CN(Cc1nccn1CC(F)(F)F)C(=O)C1CCN(C(=O)N2CCCC2)CC1. The predicted molar refractivity (Wildman–Crippen MR) is 95.3 cm³/mol. The van der Waals surface area contributed by atoms with Crippen LogP contribution in [0.3, 0.4) is 0 Å². The summed E-state index contributed by atoms with van der Waals surface area (Å²) in [6.45, 7) is 1.55. The number of aromatic nitrogens is 2. The van der Waals surface area contributed by atoms with Gasteiger partial charge in [0.25, 0.3) is 0 Å². The molecule has 0 aromatic carbocycles. The van der Waals surface area contributed by atoms with Crippen LogP contribution in [0.25, 0.3) is 0 Å². The number of halogens is 3. The minimum Gasteiger partial charge on any atom is -0.338 e. The van der Waals surface area contributed by atoms with Gasteiger partial charge >= 0.3 is 12.2 Å². The number of piperidine rings is 1. The summed E-state index contributed by atoms with van der Waals surface area (Å²) in [5.41, 5.74) is 0. The van der Waals surface area contributed by atoms with Crippen LogP contribution in [-0.4, -0.2) is 75.6 Å². The van der Waals surface area contributed by atoms with Gasteiger partial charge in [-0.25, -0.2) is 9.78 Å². The Hall–Kier alpha value is -2.26. The summed E-state index contributed by atoms with van der Waals surface area (Å²) in [7, 11) is 1.58. The molecule has 2 fully saturated rings. The molecule has 28 heavy (non-hydrogen) atoms. The first-order chi connectivity index (χ1) is 13.2. The third kappa shape index (κ3) is 4.96. The normalized spacial score (nSPS) is 18.6. The molecule has 1 aromatic rings. The van der Waals surface area contributed by atoms with E-state index in [1.54, 1.807) is 11.9 Å². The molecule has 0 atom stereocenters. The largest absolute Gasteiger partial charge is 0.406 e. The predicted octanol–water partition coefficient (Wildman–Crippen LogP) is 2.33. The average molecular weight is 401 g/mol. The van der Waals surface area contributed by atoms with Crippen LogP contribution < -0.4 is 0 Å². The standard InChI is InChI=1S/C18H26F3N5O2/c1-23(12-15-22-6-11-26(15)13-18(19,20)21)16(27)14-4-9-25(10-5-14)17(28)24-7-2-3-8-24/h6,11,14H,2-5,7-10,12-13H2,1H3. The smallest absolute Gasteiger partial charge is 0.338 e. The van der Waals surface area contributed by atoms with Crippen molar-refractivity contribution in [2.45, 2.75) is 44.9 Å². The van der Waals surface area contributed by atoms with E-state index in [2.05, 4.69) is 4.98 Å². The second kappa shape index (κ2) is 8.40. The number of imidazole rings is 1. The van der Waals surface area contributed by atoms with E-state index < -0.39 is 12.7 Å². The topological polar surface area (TPSA) is 61.7 Å². The summed E-state index contributed by atoms with van der Waals surface area (Å²) in [4.78, 5) is 34.2. The van der Waals surface area contributed by atoms with Crippen LogP contribution in [0.2, 0.25) is 0 Å². The summed E-state index contributed by atoms with van der Waals surface area (Å²) in [5.74, 6) is -0.136. The van der Waals surface area contributed by atoms with Gasteiger partial charge in [0.1, 0.15) is 12.4 Å². The van der Waals surface area contributed by atoms with E-state index in [1.165, 1.54) is 17.3 Å². The van der Waals surface area contributed by atoms with E-state index in [-0.39, 0.29) is 30.2 Å². The van der Waals surface area contributed by atoms with Gasteiger partial charge in [-0.05, 0) is 25.7 Å². The van der Waals surface area contributed by atoms with Crippen molar-refractivity contribution < 1.29 is 22.8 Å². The Kier molecular flexibility index (Phi) is 6.14. The lowest BCUT2D eigenvalue weighted by Gasteiger charge is -2.35. The van der Waals surface area contributed by atoms with Gasteiger partial charge in [-0.2, -0.15) is 13.2 Å². The summed E-state index contributed by atoms with van der Waals surface area (Å²) < 4.78 is 38.9. The average Bonchev–Trinajstić information content (AvgIpc) is 3.32. The molecule has 0 aliphatic carbocycles. The molecule has 0 bridgehead atoms. The number of likely N-dealkylation sites (tertiary alicyclic amines) is 2. The summed E-state index contributed by atoms with van der Waals surface area (Å²) in [6, 6.07) is 0.0472. The molecule has 3 heterocycles. The van der Waals surface area contributed by atoms with Crippen LogP contribution in [0.15, 0.2) is 12.4 Å². The third-order valence-corrected chi connectivity index (χ3v) is 5.40. The molecule has 2 saturated heterocycles. The highest BCUT2D eigenvalue weighted by molar-refractivity contribution is 5.79. The Morgan fingerprint density at radius 1 is 1.14 bits per heavy atom. The van der Waals surface area contributed by atoms with Crippen molar-refractivity contribution in [3.63, 3.8) is 0 Å². The van der Waals surface area contributed by atoms with Crippen LogP contribution in [0.1, 0.15) is 31.5 Å². The van der Waals surface area contributed by atoms with Gasteiger partial charge in [-0.15, -0.1) is 0 Å². The molecular formula is C18H26F3N5O2. The molecule has 10 heteroatoms. The molecule has 0 saturated carbocycles. The Labute approximate surface area is 162 Å². The van der Waals surface area contributed by atoms with Gasteiger partial charge in [0.15, 0.2) is 0 Å². The second-order valence-electron chi connectivity index (χ2n) is 7.52. The lowest BCUT2D eigenvalue weighted by molar-refractivity contribution is -0.141. The maximum atomic E-state index is 12.7. The van der Waals surface area contributed by atoms with Crippen molar-refractivity contribution in [2.24, 2.45) is 5.92 Å². The molecule has 0 unspecified atom stereocenters. The Morgan fingerprint density at radius 3 is 2.36 bits per heavy atom. The van der Waals surface area contributed by atoms with Crippen LogP contribution in [0.4, 0.5) is 18.0 Å². The zero-order valence-electron chi connectivity index (χ0n) is 16.0. The third-order valence-electron chi connectivity index (χ3n) is 5.40. The number of urea groups is 1. The number of carbonyl (C=O) groups excluding carboxylic acids is 2. The molecule has 0 spiro atoms. The Bertz CT molecular complexity index is 692. The highest BCUT2D eigenvalue weighted by atomic mass is 19.4. The maximum Gasteiger partial charge on any atom is 0.406 e. The van der Waals surface area contributed by atoms with Crippen molar-refractivity contribution in [3.8, 4) is 0 Å². The second-order valence-corrected chi connectivity index (χ2v) is 7.52. The molecule has 2 aliphatic heterocycles. The van der Waals surface area contributed by atoms with Gasteiger partial charge in [0, 0.05) is 51.5 Å². The highest BCUT2D eigenvalue weighted by Crippen LogP contribution is 2.23. The van der Waals surface area contributed by atoms with E-state index in [4.69, 9.17) is 0 Å². The minimum absolute atomic E-state index is 0.0227. The van der Waals surface area contributed by atoms with Crippen molar-refractivity contribution in [1.29, 1.82) is 0 Å². The van der Waals surface area contributed by atoms with Crippen LogP contribution in [-0.2, 0) is 17.9 Å². The molecule has 2 aliphatic rings. The zero-order valence-corrected chi connectivity index (χ0v) is 16.0. The van der Waals surface area contributed by atoms with Gasteiger partial charge in [0.05, 0.1) is 6.54 Å². The number of hydrogen-bond acceptors (Lipinski definition) is 3. The monoisotopic (exact) mass is 401 g/mol. The van der Waals surface area contributed by atoms with Gasteiger partial charge in [0.2, 0.25) is 5.91 Å². The summed E-state index contributed by atoms with van der Waals surface area (Å²) >= 11 is 0. The Balaban J connectivity index is 1.51. The van der Waals surface area contributed by atoms with Crippen molar-refractivity contribution in [1.82, 2.24) is 24.3 Å². The van der Waals surface area contributed by atoms with E-state index in [9.17, 15) is 22.8 Å². The first kappa shape index (κ1) is 20.5. The molecule has 3 amide bonds. The van der Waals surface area contributed by atoms with E-state index in [0.717, 1.165) is 30.5 Å². The molecule has 0 radical (unpaired) electrons. The molecular weight excluding hydrogens is 375 g/mol. The first-order valence-electron chi connectivity index (χ1n) is 9.60.